The first-order valence-electron chi connectivity index (χ1n) is 8.74. The van der Waals surface area contributed by atoms with Crippen molar-refractivity contribution in [3.8, 4) is 11.5 Å². The molecule has 0 bridgehead atoms. The zero-order chi connectivity index (χ0) is 18.2. The van der Waals surface area contributed by atoms with Gasteiger partial charge in [0.1, 0.15) is 11.5 Å². The third-order valence-corrected chi connectivity index (χ3v) is 4.00. The Bertz CT molecular complexity index is 822. The van der Waals surface area contributed by atoms with Crippen LogP contribution in [0.4, 0.5) is 0 Å². The number of hydrogen-bond acceptors (Lipinski definition) is 3. The summed E-state index contributed by atoms with van der Waals surface area (Å²) in [6.07, 6.45) is 0.791. The number of para-hydroxylation sites is 1. The van der Waals surface area contributed by atoms with Crippen molar-refractivity contribution in [2.24, 2.45) is 0 Å². The van der Waals surface area contributed by atoms with Crippen LogP contribution in [-0.2, 0) is 0 Å². The maximum absolute atomic E-state index is 12.4. The number of carbonyl (C=O) groups excluding carboxylic acids is 1. The van der Waals surface area contributed by atoms with Crippen LogP contribution in [0.25, 0.3) is 0 Å². The second-order valence-corrected chi connectivity index (χ2v) is 6.08. The van der Waals surface area contributed by atoms with Crippen molar-refractivity contribution in [1.82, 2.24) is 0 Å². The molecule has 0 spiro atoms. The molecule has 3 aromatic rings. The zero-order valence-electron chi connectivity index (χ0n) is 14.9. The highest BCUT2D eigenvalue weighted by molar-refractivity contribution is 6.09. The minimum Gasteiger partial charge on any atom is -0.493 e. The Balaban J connectivity index is 1.45. The van der Waals surface area contributed by atoms with Crippen LogP contribution in [-0.4, -0.2) is 19.0 Å². The number of aryl methyl sites for hydroxylation is 1. The van der Waals surface area contributed by atoms with Gasteiger partial charge < -0.3 is 9.47 Å². The normalized spacial score (nSPS) is 10.3. The van der Waals surface area contributed by atoms with E-state index < -0.39 is 0 Å². The van der Waals surface area contributed by atoms with Gasteiger partial charge in [0.15, 0.2) is 5.78 Å². The van der Waals surface area contributed by atoms with E-state index in [2.05, 4.69) is 0 Å². The summed E-state index contributed by atoms with van der Waals surface area (Å²) in [5.41, 5.74) is 2.50. The van der Waals surface area contributed by atoms with E-state index in [1.165, 1.54) is 0 Å². The van der Waals surface area contributed by atoms with Gasteiger partial charge in [-0.05, 0) is 43.3 Å². The highest BCUT2D eigenvalue weighted by Crippen LogP contribution is 2.16. The highest BCUT2D eigenvalue weighted by atomic mass is 16.5. The van der Waals surface area contributed by atoms with E-state index in [9.17, 15) is 4.79 Å². The lowest BCUT2D eigenvalue weighted by molar-refractivity contribution is 0.103. The number of hydrogen-bond donors (Lipinski definition) is 0. The molecule has 3 aromatic carbocycles. The lowest BCUT2D eigenvalue weighted by atomic mass is 10.0. The average Bonchev–Trinajstić information content (AvgIpc) is 2.69. The minimum absolute atomic E-state index is 0.0211. The van der Waals surface area contributed by atoms with Crippen molar-refractivity contribution in [3.05, 3.63) is 95.6 Å². The van der Waals surface area contributed by atoms with Gasteiger partial charge >= 0.3 is 0 Å². The van der Waals surface area contributed by atoms with Crippen molar-refractivity contribution >= 4 is 5.78 Å². The van der Waals surface area contributed by atoms with Crippen molar-refractivity contribution in [2.45, 2.75) is 13.3 Å². The van der Waals surface area contributed by atoms with Crippen LogP contribution in [0.3, 0.4) is 0 Å². The number of rotatable bonds is 8. The Morgan fingerprint density at radius 1 is 0.692 bits per heavy atom. The first-order chi connectivity index (χ1) is 12.7. The van der Waals surface area contributed by atoms with Gasteiger partial charge in [0.2, 0.25) is 0 Å². The van der Waals surface area contributed by atoms with Crippen LogP contribution in [0.5, 0.6) is 11.5 Å². The van der Waals surface area contributed by atoms with Gasteiger partial charge in [-0.2, -0.15) is 0 Å². The Morgan fingerprint density at radius 2 is 1.19 bits per heavy atom. The molecule has 3 rings (SSSR count). The SMILES string of the molecule is Cc1ccc(C(=O)c2ccc(OCCCOc3ccccc3)cc2)cc1. The Kier molecular flexibility index (Phi) is 6.05. The zero-order valence-corrected chi connectivity index (χ0v) is 14.9. The molecular formula is C23H22O3. The van der Waals surface area contributed by atoms with Crippen LogP contribution in [0, 0.1) is 6.92 Å². The molecule has 132 valence electrons. The lowest BCUT2D eigenvalue weighted by Crippen LogP contribution is -2.05. The van der Waals surface area contributed by atoms with Crippen LogP contribution < -0.4 is 9.47 Å². The predicted octanol–water partition coefficient (Wildman–Crippen LogP) is 5.07. The van der Waals surface area contributed by atoms with Gasteiger partial charge in [-0.15, -0.1) is 0 Å². The standard InChI is InChI=1S/C23H22O3/c1-18-8-10-19(11-9-18)23(24)20-12-14-22(15-13-20)26-17-5-16-25-21-6-3-2-4-7-21/h2-4,6-15H,5,16-17H2,1H3. The molecule has 0 N–H and O–H groups in total. The largest absolute Gasteiger partial charge is 0.493 e. The van der Waals surface area contributed by atoms with Gasteiger partial charge in [-0.1, -0.05) is 48.0 Å². The third-order valence-electron chi connectivity index (χ3n) is 4.00. The molecule has 0 aliphatic carbocycles. The van der Waals surface area contributed by atoms with Crippen LogP contribution in [0.2, 0.25) is 0 Å². The summed E-state index contributed by atoms with van der Waals surface area (Å²) in [6.45, 7) is 3.18. The van der Waals surface area contributed by atoms with E-state index in [1.54, 1.807) is 12.1 Å². The smallest absolute Gasteiger partial charge is 0.193 e. The van der Waals surface area contributed by atoms with Crippen molar-refractivity contribution in [3.63, 3.8) is 0 Å². The first-order valence-corrected chi connectivity index (χ1v) is 8.74. The molecule has 26 heavy (non-hydrogen) atoms. The lowest BCUT2D eigenvalue weighted by Gasteiger charge is -2.08. The summed E-state index contributed by atoms with van der Waals surface area (Å²) in [4.78, 5) is 12.4. The molecule has 3 heteroatoms. The Morgan fingerprint density at radius 3 is 1.77 bits per heavy atom. The topological polar surface area (TPSA) is 35.5 Å². The second kappa shape index (κ2) is 8.86. The monoisotopic (exact) mass is 346 g/mol. The summed E-state index contributed by atoms with van der Waals surface area (Å²) in [6, 6.07) is 24.6. The summed E-state index contributed by atoms with van der Waals surface area (Å²) in [5, 5.41) is 0. The van der Waals surface area contributed by atoms with Gasteiger partial charge in [-0.3, -0.25) is 4.79 Å². The Hall–Kier alpha value is -3.07. The molecule has 0 unspecified atom stereocenters. The average molecular weight is 346 g/mol. The summed E-state index contributed by atoms with van der Waals surface area (Å²) in [5.74, 6) is 1.64. The molecule has 0 aliphatic rings. The van der Waals surface area contributed by atoms with Crippen LogP contribution in [0.15, 0.2) is 78.9 Å². The van der Waals surface area contributed by atoms with Gasteiger partial charge in [0.25, 0.3) is 0 Å². The van der Waals surface area contributed by atoms with Gasteiger partial charge in [-0.25, -0.2) is 0 Å². The second-order valence-electron chi connectivity index (χ2n) is 6.08. The molecular weight excluding hydrogens is 324 g/mol. The molecule has 0 saturated heterocycles. The van der Waals surface area contributed by atoms with Gasteiger partial charge in [0.05, 0.1) is 13.2 Å². The molecule has 0 heterocycles. The first kappa shape index (κ1) is 17.7. The summed E-state index contributed by atoms with van der Waals surface area (Å²) < 4.78 is 11.3. The third kappa shape index (κ3) is 4.96. The fourth-order valence-electron chi connectivity index (χ4n) is 2.53. The van der Waals surface area contributed by atoms with E-state index >= 15 is 0 Å². The molecule has 0 atom stereocenters. The number of ketones is 1. The highest BCUT2D eigenvalue weighted by Gasteiger charge is 2.08. The maximum Gasteiger partial charge on any atom is 0.193 e. The van der Waals surface area contributed by atoms with Crippen molar-refractivity contribution in [1.29, 1.82) is 0 Å². The molecule has 3 nitrogen and oxygen atoms in total. The molecule has 0 amide bonds. The van der Waals surface area contributed by atoms with E-state index in [-0.39, 0.29) is 5.78 Å². The quantitative estimate of drug-likeness (QED) is 0.422. The van der Waals surface area contributed by atoms with Crippen molar-refractivity contribution in [2.75, 3.05) is 13.2 Å². The molecule has 0 fully saturated rings. The summed E-state index contributed by atoms with van der Waals surface area (Å²) in [7, 11) is 0. The van der Waals surface area contributed by atoms with Crippen molar-refractivity contribution < 1.29 is 14.3 Å². The van der Waals surface area contributed by atoms with Crippen LogP contribution >= 0.6 is 0 Å². The summed E-state index contributed by atoms with van der Waals surface area (Å²) >= 11 is 0. The van der Waals surface area contributed by atoms with Crippen LogP contribution in [0.1, 0.15) is 27.9 Å². The molecule has 0 aliphatic heterocycles. The number of ether oxygens (including phenoxy) is 2. The maximum atomic E-state index is 12.4. The number of carbonyl (C=O) groups is 1. The van der Waals surface area contributed by atoms with E-state index in [4.69, 9.17) is 9.47 Å². The van der Waals surface area contributed by atoms with E-state index in [0.29, 0.717) is 24.3 Å². The Labute approximate surface area is 154 Å². The molecule has 0 saturated carbocycles. The molecule has 0 radical (unpaired) electrons. The fourth-order valence-corrected chi connectivity index (χ4v) is 2.53. The minimum atomic E-state index is 0.0211. The fraction of sp³-hybridized carbons (Fsp3) is 0.174. The van der Waals surface area contributed by atoms with Gasteiger partial charge in [0, 0.05) is 17.5 Å². The molecule has 0 aromatic heterocycles. The van der Waals surface area contributed by atoms with E-state index in [1.807, 2.05) is 73.7 Å². The van der Waals surface area contributed by atoms with E-state index in [0.717, 1.165) is 23.5 Å². The number of benzene rings is 3. The predicted molar refractivity (Wildman–Crippen MR) is 103 cm³/mol.